The highest BCUT2D eigenvalue weighted by atomic mass is 35.5. The highest BCUT2D eigenvalue weighted by molar-refractivity contribution is 6.32. The second-order valence-corrected chi connectivity index (χ2v) is 4.63. The fraction of sp³-hybridized carbons (Fsp3) is 0.214. The lowest BCUT2D eigenvalue weighted by Crippen LogP contribution is -2.08. The predicted molar refractivity (Wildman–Crippen MR) is 78.4 cm³/mol. The molecule has 2 rings (SSSR count). The number of imidazole rings is 1. The van der Waals surface area contributed by atoms with Gasteiger partial charge in [-0.15, -0.1) is 0 Å². The largest absolute Gasteiger partial charge is 0.464 e. The lowest BCUT2D eigenvalue weighted by atomic mass is 10.2. The molecule has 0 aliphatic rings. The lowest BCUT2D eigenvalue weighted by Gasteiger charge is -2.11. The topological polar surface area (TPSA) is 93.9 Å². The number of nitrogen functional groups attached to an aromatic ring is 1. The van der Waals surface area contributed by atoms with Gasteiger partial charge in [-0.25, -0.2) is 9.78 Å². The second kappa shape index (κ2) is 5.85. The van der Waals surface area contributed by atoms with Crippen LogP contribution < -0.4 is 5.73 Å². The molecule has 0 atom stereocenters. The Balaban J connectivity index is 2.66. The number of esters is 1. The molecule has 0 fully saturated rings. The van der Waals surface area contributed by atoms with E-state index >= 15 is 0 Å². The number of anilines is 1. The van der Waals surface area contributed by atoms with Gasteiger partial charge in [-0.2, -0.15) is 5.26 Å². The molecule has 0 saturated heterocycles. The van der Waals surface area contributed by atoms with E-state index in [0.29, 0.717) is 28.5 Å². The first-order chi connectivity index (χ1) is 10.0. The van der Waals surface area contributed by atoms with Crippen LogP contribution in [0.3, 0.4) is 0 Å². The van der Waals surface area contributed by atoms with Crippen molar-refractivity contribution in [2.45, 2.75) is 13.3 Å². The number of hydrogen-bond donors (Lipinski definition) is 1. The molecule has 7 heteroatoms. The summed E-state index contributed by atoms with van der Waals surface area (Å²) in [5.41, 5.74) is 7.06. The van der Waals surface area contributed by atoms with Gasteiger partial charge in [0.05, 0.1) is 29.5 Å². The minimum absolute atomic E-state index is 0.0507. The first-order valence-electron chi connectivity index (χ1n) is 6.18. The Morgan fingerprint density at radius 2 is 2.29 bits per heavy atom. The first-order valence-corrected chi connectivity index (χ1v) is 6.56. The standard InChI is InChI=1S/C14H13ClN4O2/c1-3-11-18-12(14(20)21-2)13(17)19(11)10-5-4-8(7-16)6-9(10)15/h4-6H,3,17H2,1-2H3. The highest BCUT2D eigenvalue weighted by Gasteiger charge is 2.22. The molecule has 0 amide bonds. The summed E-state index contributed by atoms with van der Waals surface area (Å²) in [6.07, 6.45) is 0.553. The number of carbonyl (C=O) groups excluding carboxylic acids is 1. The predicted octanol–water partition coefficient (Wildman–Crippen LogP) is 2.33. The number of rotatable bonds is 3. The fourth-order valence-corrected chi connectivity index (χ4v) is 2.26. The molecule has 2 aromatic rings. The maximum absolute atomic E-state index is 11.7. The van der Waals surface area contributed by atoms with E-state index < -0.39 is 5.97 Å². The van der Waals surface area contributed by atoms with E-state index in [2.05, 4.69) is 9.72 Å². The molecule has 2 N–H and O–H groups in total. The average Bonchev–Trinajstić information content (AvgIpc) is 2.83. The Kier molecular flexibility index (Phi) is 4.15. The number of methoxy groups -OCH3 is 1. The Morgan fingerprint density at radius 1 is 1.57 bits per heavy atom. The molecule has 1 aromatic heterocycles. The smallest absolute Gasteiger partial charge is 0.360 e. The van der Waals surface area contributed by atoms with Crippen molar-refractivity contribution in [2.24, 2.45) is 0 Å². The third-order valence-corrected chi connectivity index (χ3v) is 3.30. The maximum Gasteiger partial charge on any atom is 0.360 e. The van der Waals surface area contributed by atoms with Gasteiger partial charge in [-0.3, -0.25) is 4.57 Å². The normalized spacial score (nSPS) is 10.2. The van der Waals surface area contributed by atoms with E-state index in [4.69, 9.17) is 22.6 Å². The quantitative estimate of drug-likeness (QED) is 0.878. The van der Waals surface area contributed by atoms with Crippen molar-refractivity contribution in [3.63, 3.8) is 0 Å². The number of nitrogens with two attached hydrogens (primary N) is 1. The van der Waals surface area contributed by atoms with Crippen molar-refractivity contribution in [2.75, 3.05) is 12.8 Å². The summed E-state index contributed by atoms with van der Waals surface area (Å²) in [7, 11) is 1.26. The first kappa shape index (κ1) is 14.9. The molecule has 0 bridgehead atoms. The fourth-order valence-electron chi connectivity index (χ4n) is 1.99. The number of carbonyl (C=O) groups is 1. The molecule has 0 unspecified atom stereocenters. The van der Waals surface area contributed by atoms with Crippen LogP contribution in [0.2, 0.25) is 5.02 Å². The second-order valence-electron chi connectivity index (χ2n) is 4.22. The Hall–Kier alpha value is -2.52. The molecule has 1 aromatic carbocycles. The summed E-state index contributed by atoms with van der Waals surface area (Å²) >= 11 is 6.19. The van der Waals surface area contributed by atoms with E-state index in [0.717, 1.165) is 0 Å². The van der Waals surface area contributed by atoms with Crippen molar-refractivity contribution in [3.05, 3.63) is 40.3 Å². The number of benzene rings is 1. The van der Waals surface area contributed by atoms with E-state index in [1.165, 1.54) is 13.2 Å². The van der Waals surface area contributed by atoms with Crippen molar-refractivity contribution in [3.8, 4) is 11.8 Å². The van der Waals surface area contributed by atoms with Crippen LogP contribution in [-0.2, 0) is 11.2 Å². The SMILES string of the molecule is CCc1nc(C(=O)OC)c(N)n1-c1ccc(C#N)cc1Cl. The third kappa shape index (κ3) is 2.56. The van der Waals surface area contributed by atoms with Crippen LogP contribution in [0.15, 0.2) is 18.2 Å². The summed E-state index contributed by atoms with van der Waals surface area (Å²) in [4.78, 5) is 15.9. The maximum atomic E-state index is 11.7. The monoisotopic (exact) mass is 304 g/mol. The number of nitrogens with zero attached hydrogens (tertiary/aromatic N) is 3. The van der Waals surface area contributed by atoms with E-state index in [1.54, 1.807) is 16.7 Å². The van der Waals surface area contributed by atoms with Gasteiger partial charge in [-0.1, -0.05) is 18.5 Å². The van der Waals surface area contributed by atoms with Gasteiger partial charge >= 0.3 is 5.97 Å². The van der Waals surface area contributed by atoms with Gasteiger partial charge in [0.1, 0.15) is 11.6 Å². The summed E-state index contributed by atoms with van der Waals surface area (Å²) in [6.45, 7) is 1.89. The average molecular weight is 305 g/mol. The zero-order valence-corrected chi connectivity index (χ0v) is 12.3. The van der Waals surface area contributed by atoms with Gasteiger partial charge in [0.2, 0.25) is 0 Å². The number of aryl methyl sites for hydroxylation is 1. The molecule has 6 nitrogen and oxygen atoms in total. The van der Waals surface area contributed by atoms with Crippen LogP contribution in [0.4, 0.5) is 5.82 Å². The van der Waals surface area contributed by atoms with Gasteiger partial charge in [-0.05, 0) is 18.2 Å². The summed E-state index contributed by atoms with van der Waals surface area (Å²) < 4.78 is 6.25. The van der Waals surface area contributed by atoms with Gasteiger partial charge in [0.15, 0.2) is 5.69 Å². The van der Waals surface area contributed by atoms with Crippen LogP contribution in [0.5, 0.6) is 0 Å². The summed E-state index contributed by atoms with van der Waals surface area (Å²) in [5, 5.41) is 9.23. The summed E-state index contributed by atoms with van der Waals surface area (Å²) in [5.74, 6) is 0.135. The van der Waals surface area contributed by atoms with Crippen LogP contribution in [0.25, 0.3) is 5.69 Å². The third-order valence-electron chi connectivity index (χ3n) is 3.00. The molecule has 108 valence electrons. The van der Waals surface area contributed by atoms with Crippen molar-refractivity contribution >= 4 is 23.4 Å². The van der Waals surface area contributed by atoms with E-state index in [1.807, 2.05) is 13.0 Å². The molecule has 0 aliphatic carbocycles. The van der Waals surface area contributed by atoms with Crippen molar-refractivity contribution < 1.29 is 9.53 Å². The van der Waals surface area contributed by atoms with Gasteiger partial charge in [0, 0.05) is 6.42 Å². The summed E-state index contributed by atoms with van der Waals surface area (Å²) in [6, 6.07) is 6.83. The number of halogens is 1. The van der Waals surface area contributed by atoms with Crippen LogP contribution in [0, 0.1) is 11.3 Å². The molecular formula is C14H13ClN4O2. The van der Waals surface area contributed by atoms with Crippen LogP contribution in [-0.4, -0.2) is 22.6 Å². The number of hydrogen-bond acceptors (Lipinski definition) is 5. The van der Waals surface area contributed by atoms with Gasteiger partial charge in [0.25, 0.3) is 0 Å². The van der Waals surface area contributed by atoms with Crippen molar-refractivity contribution in [1.29, 1.82) is 5.26 Å². The zero-order chi connectivity index (χ0) is 15.6. The molecular weight excluding hydrogens is 292 g/mol. The van der Waals surface area contributed by atoms with Crippen LogP contribution >= 0.6 is 11.6 Å². The van der Waals surface area contributed by atoms with E-state index in [-0.39, 0.29) is 11.5 Å². The molecule has 0 radical (unpaired) electrons. The Labute approximate surface area is 126 Å². The zero-order valence-electron chi connectivity index (χ0n) is 11.6. The Morgan fingerprint density at radius 3 is 2.81 bits per heavy atom. The number of nitriles is 1. The molecule has 0 spiro atoms. The number of ether oxygens (including phenoxy) is 1. The Bertz CT molecular complexity index is 746. The minimum Gasteiger partial charge on any atom is -0.464 e. The van der Waals surface area contributed by atoms with E-state index in [9.17, 15) is 4.79 Å². The molecule has 1 heterocycles. The molecule has 0 saturated carbocycles. The highest BCUT2D eigenvalue weighted by Crippen LogP contribution is 2.28. The molecule has 21 heavy (non-hydrogen) atoms. The molecule has 0 aliphatic heterocycles. The van der Waals surface area contributed by atoms with Gasteiger partial charge < -0.3 is 10.5 Å². The van der Waals surface area contributed by atoms with Crippen LogP contribution in [0.1, 0.15) is 28.8 Å². The lowest BCUT2D eigenvalue weighted by molar-refractivity contribution is 0.0596. The number of aromatic nitrogens is 2. The van der Waals surface area contributed by atoms with Crippen molar-refractivity contribution in [1.82, 2.24) is 9.55 Å². The minimum atomic E-state index is -0.606.